The first kappa shape index (κ1) is 21.6. The summed E-state index contributed by atoms with van der Waals surface area (Å²) in [7, 11) is 0. The van der Waals surface area contributed by atoms with Crippen molar-refractivity contribution >= 4 is 27.5 Å². The second kappa shape index (κ2) is 8.30. The van der Waals surface area contributed by atoms with Gasteiger partial charge < -0.3 is 10.0 Å². The van der Waals surface area contributed by atoms with Crippen molar-refractivity contribution in [3.05, 3.63) is 59.0 Å². The largest absolute Gasteiger partial charge is 0.391 e. The Hall–Kier alpha value is -3.19. The number of benzene rings is 2. The molecule has 0 bridgehead atoms. The van der Waals surface area contributed by atoms with E-state index in [1.807, 2.05) is 30.9 Å². The predicted octanol–water partition coefficient (Wildman–Crippen LogP) is 5.26. The molecule has 0 saturated carbocycles. The monoisotopic (exact) mass is 448 g/mol. The Morgan fingerprint density at radius 3 is 2.73 bits per heavy atom. The van der Waals surface area contributed by atoms with Gasteiger partial charge in [0.1, 0.15) is 28.7 Å². The fourth-order valence-corrected chi connectivity index (χ4v) is 4.92. The molecule has 33 heavy (non-hydrogen) atoms. The molecule has 2 aromatic carbocycles. The SMILES string of the molecule is CCc1c(F)ccc2cc(C)cc(-c3ncc4c(N5CCC[C@H](O)C5)nc(C)nc4c3F)c12. The van der Waals surface area contributed by atoms with E-state index in [0.29, 0.717) is 46.5 Å². The van der Waals surface area contributed by atoms with Crippen LogP contribution in [0.25, 0.3) is 32.9 Å². The number of anilines is 1. The van der Waals surface area contributed by atoms with Crippen molar-refractivity contribution in [2.45, 2.75) is 46.1 Å². The normalized spacial score (nSPS) is 16.7. The molecule has 0 aliphatic carbocycles. The molecule has 5 rings (SSSR count). The van der Waals surface area contributed by atoms with E-state index in [9.17, 15) is 9.50 Å². The summed E-state index contributed by atoms with van der Waals surface area (Å²) >= 11 is 0. The zero-order valence-electron chi connectivity index (χ0n) is 19.0. The van der Waals surface area contributed by atoms with Gasteiger partial charge in [0.25, 0.3) is 0 Å². The van der Waals surface area contributed by atoms with Crippen LogP contribution in [-0.2, 0) is 6.42 Å². The lowest BCUT2D eigenvalue weighted by molar-refractivity contribution is 0.154. The lowest BCUT2D eigenvalue weighted by Crippen LogP contribution is -2.39. The molecule has 3 heterocycles. The maximum Gasteiger partial charge on any atom is 0.175 e. The molecule has 7 heteroatoms. The fraction of sp³-hybridized carbons (Fsp3) is 0.346. The van der Waals surface area contributed by atoms with Gasteiger partial charge in [0.15, 0.2) is 5.82 Å². The Labute approximate surface area is 191 Å². The molecule has 1 atom stereocenters. The number of fused-ring (bicyclic) bond motifs is 2. The average molecular weight is 449 g/mol. The Balaban J connectivity index is 1.77. The van der Waals surface area contributed by atoms with Crippen LogP contribution in [0.15, 0.2) is 30.5 Å². The second-order valence-electron chi connectivity index (χ2n) is 8.81. The molecule has 1 fully saturated rings. The number of aromatic nitrogens is 3. The van der Waals surface area contributed by atoms with Gasteiger partial charge in [-0.3, -0.25) is 4.98 Å². The van der Waals surface area contributed by atoms with Crippen LogP contribution < -0.4 is 4.90 Å². The fourth-order valence-electron chi connectivity index (χ4n) is 4.92. The number of aryl methyl sites for hydroxylation is 3. The highest BCUT2D eigenvalue weighted by molar-refractivity contribution is 6.01. The molecule has 4 aromatic rings. The standard InChI is InChI=1S/C26H26F2N4O/c1-4-18-21(27)8-7-16-10-14(2)11-19(22(16)18)24-23(28)25-20(12-29-24)26(31-15(3)30-25)32-9-5-6-17(33)13-32/h7-8,10-12,17,33H,4-6,9,13H2,1-3H3/t17-/m0/s1. The van der Waals surface area contributed by atoms with E-state index in [2.05, 4.69) is 15.0 Å². The molecule has 0 amide bonds. The smallest absolute Gasteiger partial charge is 0.175 e. The summed E-state index contributed by atoms with van der Waals surface area (Å²) in [5.41, 5.74) is 2.39. The van der Waals surface area contributed by atoms with E-state index >= 15 is 4.39 Å². The molecule has 0 radical (unpaired) electrons. The number of piperidine rings is 1. The number of aliphatic hydroxyl groups excluding tert-OH is 1. The zero-order chi connectivity index (χ0) is 23.3. The Bertz CT molecular complexity index is 1390. The molecule has 0 spiro atoms. The molecule has 1 aliphatic rings. The van der Waals surface area contributed by atoms with Gasteiger partial charge in [0.2, 0.25) is 0 Å². The molecule has 170 valence electrons. The van der Waals surface area contributed by atoms with Gasteiger partial charge in [-0.25, -0.2) is 18.7 Å². The van der Waals surface area contributed by atoms with Crippen LogP contribution >= 0.6 is 0 Å². The summed E-state index contributed by atoms with van der Waals surface area (Å²) in [6, 6.07) is 7.02. The van der Waals surface area contributed by atoms with Gasteiger partial charge in [-0.15, -0.1) is 0 Å². The molecule has 1 saturated heterocycles. The number of hydrogen-bond donors (Lipinski definition) is 1. The van der Waals surface area contributed by atoms with E-state index in [1.54, 1.807) is 19.2 Å². The van der Waals surface area contributed by atoms with E-state index in [0.717, 1.165) is 30.3 Å². The van der Waals surface area contributed by atoms with Crippen molar-refractivity contribution in [3.8, 4) is 11.3 Å². The highest BCUT2D eigenvalue weighted by Gasteiger charge is 2.24. The third kappa shape index (κ3) is 3.70. The van der Waals surface area contributed by atoms with Gasteiger partial charge in [-0.05, 0) is 67.1 Å². The van der Waals surface area contributed by atoms with Crippen molar-refractivity contribution < 1.29 is 13.9 Å². The summed E-state index contributed by atoms with van der Waals surface area (Å²) in [4.78, 5) is 15.4. The first-order valence-corrected chi connectivity index (χ1v) is 11.3. The summed E-state index contributed by atoms with van der Waals surface area (Å²) in [5.74, 6) is 0.182. The van der Waals surface area contributed by atoms with Crippen molar-refractivity contribution in [2.24, 2.45) is 0 Å². The average Bonchev–Trinajstić information content (AvgIpc) is 2.79. The number of β-amino-alcohol motifs (C(OH)–C–C–N with tert-alkyl or cyclic N) is 1. The molecule has 0 unspecified atom stereocenters. The number of hydrogen-bond acceptors (Lipinski definition) is 5. The van der Waals surface area contributed by atoms with Crippen molar-refractivity contribution in [3.63, 3.8) is 0 Å². The van der Waals surface area contributed by atoms with Crippen molar-refractivity contribution in [2.75, 3.05) is 18.0 Å². The quantitative estimate of drug-likeness (QED) is 0.463. The lowest BCUT2D eigenvalue weighted by Gasteiger charge is -2.31. The van der Waals surface area contributed by atoms with Crippen LogP contribution in [0.2, 0.25) is 0 Å². The van der Waals surface area contributed by atoms with Crippen LogP contribution in [0.4, 0.5) is 14.6 Å². The van der Waals surface area contributed by atoms with Gasteiger partial charge in [-0.2, -0.15) is 0 Å². The maximum atomic E-state index is 16.0. The number of aliphatic hydroxyl groups is 1. The summed E-state index contributed by atoms with van der Waals surface area (Å²) in [6.07, 6.45) is 3.22. The second-order valence-corrected chi connectivity index (χ2v) is 8.81. The van der Waals surface area contributed by atoms with Crippen LogP contribution in [0.5, 0.6) is 0 Å². The van der Waals surface area contributed by atoms with Crippen LogP contribution in [0.3, 0.4) is 0 Å². The molecule has 5 nitrogen and oxygen atoms in total. The van der Waals surface area contributed by atoms with Gasteiger partial charge in [-0.1, -0.05) is 19.1 Å². The number of pyridine rings is 1. The van der Waals surface area contributed by atoms with Crippen molar-refractivity contribution in [1.29, 1.82) is 0 Å². The lowest BCUT2D eigenvalue weighted by atomic mass is 9.93. The Morgan fingerprint density at radius 1 is 1.15 bits per heavy atom. The molecular weight excluding hydrogens is 422 g/mol. The predicted molar refractivity (Wildman–Crippen MR) is 126 cm³/mol. The Kier molecular flexibility index (Phi) is 5.44. The van der Waals surface area contributed by atoms with Gasteiger partial charge in [0.05, 0.1) is 11.5 Å². The summed E-state index contributed by atoms with van der Waals surface area (Å²) in [6.45, 7) is 6.73. The Morgan fingerprint density at radius 2 is 1.97 bits per heavy atom. The van der Waals surface area contributed by atoms with E-state index in [-0.39, 0.29) is 17.0 Å². The first-order valence-electron chi connectivity index (χ1n) is 11.3. The molecule has 1 N–H and O–H groups in total. The minimum absolute atomic E-state index is 0.152. The highest BCUT2D eigenvalue weighted by Crippen LogP contribution is 2.37. The first-order chi connectivity index (χ1) is 15.9. The van der Waals surface area contributed by atoms with E-state index < -0.39 is 11.9 Å². The van der Waals surface area contributed by atoms with Crippen molar-refractivity contribution in [1.82, 2.24) is 15.0 Å². The van der Waals surface area contributed by atoms with E-state index in [1.165, 1.54) is 6.07 Å². The third-order valence-electron chi connectivity index (χ3n) is 6.39. The third-order valence-corrected chi connectivity index (χ3v) is 6.39. The summed E-state index contributed by atoms with van der Waals surface area (Å²) < 4.78 is 30.7. The topological polar surface area (TPSA) is 62.1 Å². The molecule has 2 aromatic heterocycles. The van der Waals surface area contributed by atoms with Crippen LogP contribution in [-0.4, -0.2) is 39.3 Å². The number of rotatable bonds is 3. The van der Waals surface area contributed by atoms with Crippen LogP contribution in [0.1, 0.15) is 36.7 Å². The maximum absolute atomic E-state index is 16.0. The minimum Gasteiger partial charge on any atom is -0.391 e. The number of nitrogens with zero attached hydrogens (tertiary/aromatic N) is 4. The molecule has 1 aliphatic heterocycles. The van der Waals surface area contributed by atoms with Gasteiger partial charge in [0, 0.05) is 24.8 Å². The van der Waals surface area contributed by atoms with Crippen LogP contribution in [0, 0.1) is 25.5 Å². The molecular formula is C26H26F2N4O. The number of halogens is 2. The zero-order valence-corrected chi connectivity index (χ0v) is 19.0. The van der Waals surface area contributed by atoms with E-state index in [4.69, 9.17) is 0 Å². The summed E-state index contributed by atoms with van der Waals surface area (Å²) in [5, 5.41) is 12.2. The minimum atomic E-state index is -0.546. The highest BCUT2D eigenvalue weighted by atomic mass is 19.1. The van der Waals surface area contributed by atoms with Gasteiger partial charge >= 0.3 is 0 Å².